The maximum atomic E-state index is 12.4. The summed E-state index contributed by atoms with van der Waals surface area (Å²) in [7, 11) is 0. The minimum Gasteiger partial charge on any atom is -0.266 e. The van der Waals surface area contributed by atoms with Crippen LogP contribution in [0.4, 0.5) is 0 Å². The van der Waals surface area contributed by atoms with E-state index in [0.717, 1.165) is 17.7 Å². The van der Waals surface area contributed by atoms with Crippen LogP contribution in [0.25, 0.3) is 10.4 Å². The molecule has 5 nitrogen and oxygen atoms in total. The van der Waals surface area contributed by atoms with Gasteiger partial charge in [-0.1, -0.05) is 30.3 Å². The second-order valence-corrected chi connectivity index (χ2v) is 6.80. The van der Waals surface area contributed by atoms with Gasteiger partial charge in [-0.05, 0) is 47.7 Å². The molecule has 2 N–H and O–H groups in total. The van der Waals surface area contributed by atoms with Gasteiger partial charge in [-0.2, -0.15) is 0 Å². The molecular formula is C19H15N3O2S. The van der Waals surface area contributed by atoms with Gasteiger partial charge >= 0.3 is 0 Å². The summed E-state index contributed by atoms with van der Waals surface area (Å²) in [6, 6.07) is 15.2. The van der Waals surface area contributed by atoms with Crippen LogP contribution in [0.1, 0.15) is 31.3 Å². The molecular weight excluding hydrogens is 334 g/mol. The van der Waals surface area contributed by atoms with E-state index in [-0.39, 0.29) is 11.6 Å². The Bertz CT molecular complexity index is 950. The zero-order valence-electron chi connectivity index (χ0n) is 13.3. The van der Waals surface area contributed by atoms with E-state index in [1.807, 2.05) is 18.2 Å². The summed E-state index contributed by atoms with van der Waals surface area (Å²) in [6.07, 6.45) is 3.44. The number of fused-ring (bicyclic) bond motifs is 3. The molecule has 3 aromatic rings. The number of carbonyl (C=O) groups is 2. The molecule has 1 aliphatic carbocycles. The molecule has 2 heterocycles. The Morgan fingerprint density at radius 1 is 0.920 bits per heavy atom. The Balaban J connectivity index is 1.49. The molecule has 2 amide bonds. The fourth-order valence-corrected chi connectivity index (χ4v) is 4.09. The van der Waals surface area contributed by atoms with Crippen molar-refractivity contribution in [2.75, 3.05) is 0 Å². The molecule has 0 fully saturated rings. The van der Waals surface area contributed by atoms with Gasteiger partial charge in [-0.3, -0.25) is 25.4 Å². The molecule has 124 valence electrons. The summed E-state index contributed by atoms with van der Waals surface area (Å²) in [6.45, 7) is 0. The SMILES string of the molecule is O=C(NNC(=O)c1cc2c(s1)-c1ccccc1CC2)c1ccccn1. The summed E-state index contributed by atoms with van der Waals surface area (Å²) < 4.78 is 0. The monoisotopic (exact) mass is 349 g/mol. The molecule has 1 aliphatic rings. The average molecular weight is 349 g/mol. The molecule has 0 saturated carbocycles. The minimum atomic E-state index is -0.444. The summed E-state index contributed by atoms with van der Waals surface area (Å²) in [5.41, 5.74) is 8.81. The number of amides is 2. The predicted molar refractivity (Wildman–Crippen MR) is 96.3 cm³/mol. The average Bonchev–Trinajstić information content (AvgIpc) is 3.11. The predicted octanol–water partition coefficient (Wildman–Crippen LogP) is 2.98. The Morgan fingerprint density at radius 3 is 2.52 bits per heavy atom. The Labute approximate surface area is 148 Å². The van der Waals surface area contributed by atoms with Crippen molar-refractivity contribution in [1.29, 1.82) is 0 Å². The number of aromatic nitrogens is 1. The van der Waals surface area contributed by atoms with Gasteiger partial charge in [0.2, 0.25) is 0 Å². The highest BCUT2D eigenvalue weighted by Crippen LogP contribution is 2.39. The van der Waals surface area contributed by atoms with Crippen LogP contribution in [0.15, 0.2) is 54.7 Å². The van der Waals surface area contributed by atoms with Gasteiger partial charge in [0.1, 0.15) is 5.69 Å². The summed E-state index contributed by atoms with van der Waals surface area (Å²) in [5.74, 6) is -0.762. The standard InChI is InChI=1S/C19H15N3O2S/c23-18(15-7-3-4-10-20-15)21-22-19(24)16-11-13-9-8-12-5-1-2-6-14(12)17(13)25-16/h1-7,10-11H,8-9H2,(H,21,23)(H,22,24). The van der Waals surface area contributed by atoms with E-state index >= 15 is 0 Å². The van der Waals surface area contributed by atoms with Gasteiger partial charge in [0, 0.05) is 11.1 Å². The molecule has 0 aliphatic heterocycles. The zero-order valence-corrected chi connectivity index (χ0v) is 14.1. The molecule has 0 bridgehead atoms. The van der Waals surface area contributed by atoms with E-state index < -0.39 is 5.91 Å². The van der Waals surface area contributed by atoms with Crippen LogP contribution >= 0.6 is 11.3 Å². The van der Waals surface area contributed by atoms with E-state index in [0.29, 0.717) is 4.88 Å². The number of rotatable bonds is 2. The number of benzene rings is 1. The normalized spacial score (nSPS) is 12.0. The van der Waals surface area contributed by atoms with Crippen LogP contribution in [0.3, 0.4) is 0 Å². The van der Waals surface area contributed by atoms with Crippen molar-refractivity contribution < 1.29 is 9.59 Å². The minimum absolute atomic E-state index is 0.252. The lowest BCUT2D eigenvalue weighted by molar-refractivity contribution is 0.0846. The first kappa shape index (κ1) is 15.5. The smallest absolute Gasteiger partial charge is 0.266 e. The van der Waals surface area contributed by atoms with Crippen LogP contribution in [-0.4, -0.2) is 16.8 Å². The summed E-state index contributed by atoms with van der Waals surface area (Å²) in [5, 5.41) is 0. The third-order valence-corrected chi connectivity index (χ3v) is 5.35. The first-order chi connectivity index (χ1) is 12.2. The topological polar surface area (TPSA) is 71.1 Å². The first-order valence-electron chi connectivity index (χ1n) is 7.95. The van der Waals surface area contributed by atoms with Crippen molar-refractivity contribution >= 4 is 23.2 Å². The van der Waals surface area contributed by atoms with Crippen LogP contribution in [0.2, 0.25) is 0 Å². The maximum absolute atomic E-state index is 12.4. The second-order valence-electron chi connectivity index (χ2n) is 5.75. The molecule has 25 heavy (non-hydrogen) atoms. The van der Waals surface area contributed by atoms with Crippen molar-refractivity contribution in [1.82, 2.24) is 15.8 Å². The lowest BCUT2D eigenvalue weighted by Crippen LogP contribution is -2.41. The van der Waals surface area contributed by atoms with Gasteiger partial charge in [0.05, 0.1) is 4.88 Å². The lowest BCUT2D eigenvalue weighted by Gasteiger charge is -2.15. The highest BCUT2D eigenvalue weighted by molar-refractivity contribution is 7.17. The number of thiophene rings is 1. The molecule has 1 aromatic carbocycles. The maximum Gasteiger partial charge on any atom is 0.288 e. The van der Waals surface area contributed by atoms with Crippen molar-refractivity contribution in [3.8, 4) is 10.4 Å². The number of hydrogen-bond donors (Lipinski definition) is 2. The molecule has 0 spiro atoms. The molecule has 2 aromatic heterocycles. The van der Waals surface area contributed by atoms with Gasteiger partial charge in [-0.25, -0.2) is 0 Å². The van der Waals surface area contributed by atoms with Crippen LogP contribution in [0.5, 0.6) is 0 Å². The first-order valence-corrected chi connectivity index (χ1v) is 8.77. The van der Waals surface area contributed by atoms with Crippen LogP contribution in [0, 0.1) is 0 Å². The second kappa shape index (κ2) is 6.49. The fourth-order valence-electron chi connectivity index (χ4n) is 2.92. The third kappa shape index (κ3) is 3.04. The summed E-state index contributed by atoms with van der Waals surface area (Å²) >= 11 is 1.45. The van der Waals surface area contributed by atoms with Gasteiger partial charge in [-0.15, -0.1) is 11.3 Å². The number of aryl methyl sites for hydroxylation is 2. The number of hydrazine groups is 1. The van der Waals surface area contributed by atoms with E-state index in [2.05, 4.69) is 28.0 Å². The van der Waals surface area contributed by atoms with Crippen LogP contribution in [-0.2, 0) is 12.8 Å². The number of pyridine rings is 1. The highest BCUT2D eigenvalue weighted by Gasteiger charge is 2.21. The number of nitrogens with one attached hydrogen (secondary N) is 2. The van der Waals surface area contributed by atoms with Crippen molar-refractivity contribution in [3.05, 3.63) is 76.4 Å². The Morgan fingerprint density at radius 2 is 1.68 bits per heavy atom. The van der Waals surface area contributed by atoms with Gasteiger partial charge < -0.3 is 0 Å². The molecule has 0 unspecified atom stereocenters. The molecule has 0 radical (unpaired) electrons. The molecule has 6 heteroatoms. The number of nitrogens with zero attached hydrogens (tertiary/aromatic N) is 1. The van der Waals surface area contributed by atoms with E-state index in [1.165, 1.54) is 34.2 Å². The van der Waals surface area contributed by atoms with Crippen molar-refractivity contribution in [2.45, 2.75) is 12.8 Å². The van der Waals surface area contributed by atoms with E-state index in [4.69, 9.17) is 0 Å². The number of carbonyl (C=O) groups excluding carboxylic acids is 2. The van der Waals surface area contributed by atoms with Crippen LogP contribution < -0.4 is 10.9 Å². The Kier molecular flexibility index (Phi) is 4.03. The Hall–Kier alpha value is -2.99. The van der Waals surface area contributed by atoms with E-state index in [9.17, 15) is 9.59 Å². The lowest BCUT2D eigenvalue weighted by atomic mass is 9.91. The highest BCUT2D eigenvalue weighted by atomic mass is 32.1. The number of hydrogen-bond acceptors (Lipinski definition) is 4. The molecule has 4 rings (SSSR count). The third-order valence-electron chi connectivity index (χ3n) is 4.15. The van der Waals surface area contributed by atoms with Crippen molar-refractivity contribution in [2.24, 2.45) is 0 Å². The zero-order chi connectivity index (χ0) is 17.2. The largest absolute Gasteiger partial charge is 0.288 e. The molecule has 0 saturated heterocycles. The molecule has 0 atom stereocenters. The van der Waals surface area contributed by atoms with Gasteiger partial charge in [0.25, 0.3) is 11.8 Å². The fraction of sp³-hybridized carbons (Fsp3) is 0.105. The van der Waals surface area contributed by atoms with Gasteiger partial charge in [0.15, 0.2) is 0 Å². The summed E-state index contributed by atoms with van der Waals surface area (Å²) in [4.78, 5) is 30.0. The quantitative estimate of drug-likeness (QED) is 0.699. The van der Waals surface area contributed by atoms with E-state index in [1.54, 1.807) is 18.2 Å². The van der Waals surface area contributed by atoms with Crippen molar-refractivity contribution in [3.63, 3.8) is 0 Å².